The zero-order valence-corrected chi connectivity index (χ0v) is 17.7. The molecule has 10 heteroatoms. The molecule has 0 radical (unpaired) electrons. The van der Waals surface area contributed by atoms with Gasteiger partial charge in [0.15, 0.2) is 0 Å². The number of benzene rings is 2. The second-order valence-electron chi connectivity index (χ2n) is 5.97. The van der Waals surface area contributed by atoms with E-state index in [1.165, 1.54) is 18.2 Å². The topological polar surface area (TPSA) is 24.5 Å². The lowest BCUT2D eigenvalue weighted by Gasteiger charge is -2.35. The molecule has 156 valence electrons. The zero-order chi connectivity index (χ0) is 18.7. The van der Waals surface area contributed by atoms with E-state index >= 15 is 0 Å². The van der Waals surface area contributed by atoms with Gasteiger partial charge in [0.05, 0.1) is 6.04 Å². The summed E-state index contributed by atoms with van der Waals surface area (Å²) in [7, 11) is 0. The molecule has 2 aromatic carbocycles. The van der Waals surface area contributed by atoms with Gasteiger partial charge in [0.1, 0.15) is 11.6 Å². The third-order valence-electron chi connectivity index (χ3n) is 4.20. The number of piperazine rings is 1. The van der Waals surface area contributed by atoms with Gasteiger partial charge in [0, 0.05) is 36.2 Å². The SMILES string of the molecule is Cl.Cl.Fc1cc(Br)ccc1[C@@H](c1ccc(OC(F)(F)F)cc1)N1CCNCC1. The van der Waals surface area contributed by atoms with Gasteiger partial charge in [0.25, 0.3) is 0 Å². The van der Waals surface area contributed by atoms with Gasteiger partial charge in [-0.05, 0) is 29.8 Å². The highest BCUT2D eigenvalue weighted by Crippen LogP contribution is 2.33. The minimum absolute atomic E-state index is 0. The van der Waals surface area contributed by atoms with Gasteiger partial charge in [0.2, 0.25) is 0 Å². The van der Waals surface area contributed by atoms with Gasteiger partial charge in [-0.25, -0.2) is 4.39 Å². The predicted molar refractivity (Wildman–Crippen MR) is 108 cm³/mol. The first-order valence-electron chi connectivity index (χ1n) is 8.09. The molecule has 0 aromatic heterocycles. The molecular formula is C18H19BrCl2F4N2O. The summed E-state index contributed by atoms with van der Waals surface area (Å²) in [6.45, 7) is 2.95. The highest BCUT2D eigenvalue weighted by molar-refractivity contribution is 9.10. The van der Waals surface area contributed by atoms with Crippen LogP contribution in [0, 0.1) is 5.82 Å². The minimum Gasteiger partial charge on any atom is -0.406 e. The Bertz CT molecular complexity index is 756. The fourth-order valence-corrected chi connectivity index (χ4v) is 3.44. The molecule has 1 saturated heterocycles. The lowest BCUT2D eigenvalue weighted by atomic mass is 9.96. The van der Waals surface area contributed by atoms with Crippen molar-refractivity contribution in [3.63, 3.8) is 0 Å². The molecule has 0 spiro atoms. The molecule has 0 unspecified atom stereocenters. The summed E-state index contributed by atoms with van der Waals surface area (Å²) in [5, 5.41) is 3.24. The first-order valence-corrected chi connectivity index (χ1v) is 8.88. The molecule has 0 saturated carbocycles. The van der Waals surface area contributed by atoms with Crippen LogP contribution in [0.4, 0.5) is 17.6 Å². The molecule has 1 aliphatic rings. The number of hydrogen-bond donors (Lipinski definition) is 1. The Hall–Kier alpha value is -1.06. The van der Waals surface area contributed by atoms with Crippen LogP contribution in [0.15, 0.2) is 46.9 Å². The molecule has 0 aliphatic carbocycles. The van der Waals surface area contributed by atoms with Crippen molar-refractivity contribution in [1.29, 1.82) is 0 Å². The summed E-state index contributed by atoms with van der Waals surface area (Å²) in [6, 6.07) is 10.1. The molecule has 0 bridgehead atoms. The Labute approximate surface area is 181 Å². The molecule has 3 rings (SSSR count). The van der Waals surface area contributed by atoms with E-state index in [0.717, 1.165) is 13.1 Å². The molecule has 2 aromatic rings. The Kier molecular flexibility index (Phi) is 9.49. The van der Waals surface area contributed by atoms with E-state index in [1.807, 2.05) is 0 Å². The smallest absolute Gasteiger partial charge is 0.406 e. The van der Waals surface area contributed by atoms with Crippen molar-refractivity contribution >= 4 is 40.7 Å². The van der Waals surface area contributed by atoms with Gasteiger partial charge >= 0.3 is 6.36 Å². The third kappa shape index (κ3) is 6.49. The highest BCUT2D eigenvalue weighted by Gasteiger charge is 2.31. The van der Waals surface area contributed by atoms with Gasteiger partial charge in [-0.2, -0.15) is 0 Å². The normalized spacial score (nSPS) is 15.9. The molecule has 1 atom stereocenters. The summed E-state index contributed by atoms with van der Waals surface area (Å²) in [5.41, 5.74) is 1.20. The lowest BCUT2D eigenvalue weighted by molar-refractivity contribution is -0.274. The van der Waals surface area contributed by atoms with Crippen molar-refractivity contribution in [2.75, 3.05) is 26.2 Å². The second kappa shape index (κ2) is 10.6. The van der Waals surface area contributed by atoms with Gasteiger partial charge in [-0.15, -0.1) is 38.0 Å². The number of nitrogens with one attached hydrogen (secondary N) is 1. The van der Waals surface area contributed by atoms with Crippen molar-refractivity contribution in [3.8, 4) is 5.75 Å². The predicted octanol–water partition coefficient (Wildman–Crippen LogP) is 5.33. The first kappa shape index (κ1) is 25.0. The molecule has 0 amide bonds. The summed E-state index contributed by atoms with van der Waals surface area (Å²) < 4.78 is 56.2. The van der Waals surface area contributed by atoms with Gasteiger partial charge in [-0.1, -0.05) is 34.1 Å². The Morgan fingerprint density at radius 2 is 1.61 bits per heavy atom. The molecular weight excluding hydrogens is 487 g/mol. The van der Waals surface area contributed by atoms with Crippen LogP contribution in [0.3, 0.4) is 0 Å². The van der Waals surface area contributed by atoms with E-state index in [-0.39, 0.29) is 42.4 Å². The van der Waals surface area contributed by atoms with E-state index in [2.05, 4.69) is 30.9 Å². The first-order chi connectivity index (χ1) is 12.3. The van der Waals surface area contributed by atoms with Crippen LogP contribution in [0.1, 0.15) is 17.2 Å². The average Bonchev–Trinajstić information content (AvgIpc) is 2.58. The molecule has 1 aliphatic heterocycles. The number of ether oxygens (including phenoxy) is 1. The number of rotatable bonds is 4. The molecule has 28 heavy (non-hydrogen) atoms. The standard InChI is InChI=1S/C18H17BrF4N2O.2ClH/c19-13-3-6-15(16(20)11-13)17(25-9-7-24-8-10-25)12-1-4-14(5-2-12)26-18(21,22)23;;/h1-6,11,17,24H,7-10H2;2*1H/t17-;;/m1../s1. The maximum atomic E-state index is 14.6. The van der Waals surface area contributed by atoms with E-state index in [4.69, 9.17) is 0 Å². The second-order valence-corrected chi connectivity index (χ2v) is 6.89. The minimum atomic E-state index is -4.74. The number of halogens is 7. The lowest BCUT2D eigenvalue weighted by Crippen LogP contribution is -2.45. The van der Waals surface area contributed by atoms with Crippen molar-refractivity contribution in [3.05, 3.63) is 63.9 Å². The van der Waals surface area contributed by atoms with Gasteiger partial charge in [-0.3, -0.25) is 4.90 Å². The van der Waals surface area contributed by atoms with E-state index in [1.54, 1.807) is 24.3 Å². The van der Waals surface area contributed by atoms with Crippen LogP contribution in [0.25, 0.3) is 0 Å². The van der Waals surface area contributed by atoms with Crippen LogP contribution in [0.2, 0.25) is 0 Å². The fourth-order valence-electron chi connectivity index (χ4n) is 3.10. The van der Waals surface area contributed by atoms with Crippen LogP contribution >= 0.6 is 40.7 Å². The monoisotopic (exact) mass is 504 g/mol. The van der Waals surface area contributed by atoms with Crippen molar-refractivity contribution in [2.24, 2.45) is 0 Å². The maximum absolute atomic E-state index is 14.6. The Balaban J connectivity index is 0.00000196. The molecule has 1 N–H and O–H groups in total. The molecule has 1 heterocycles. The van der Waals surface area contributed by atoms with Gasteiger partial charge < -0.3 is 10.1 Å². The summed E-state index contributed by atoms with van der Waals surface area (Å²) in [4.78, 5) is 2.11. The maximum Gasteiger partial charge on any atom is 0.573 e. The fraction of sp³-hybridized carbons (Fsp3) is 0.333. The summed E-state index contributed by atoms with van der Waals surface area (Å²) in [6.07, 6.45) is -4.74. The largest absolute Gasteiger partial charge is 0.573 e. The van der Waals surface area contributed by atoms with Crippen molar-refractivity contribution in [2.45, 2.75) is 12.4 Å². The Morgan fingerprint density at radius 3 is 2.14 bits per heavy atom. The third-order valence-corrected chi connectivity index (χ3v) is 4.70. The quantitative estimate of drug-likeness (QED) is 0.569. The van der Waals surface area contributed by atoms with Crippen LogP contribution in [-0.4, -0.2) is 37.4 Å². The van der Waals surface area contributed by atoms with E-state index in [9.17, 15) is 17.6 Å². The van der Waals surface area contributed by atoms with Crippen LogP contribution < -0.4 is 10.1 Å². The van der Waals surface area contributed by atoms with E-state index in [0.29, 0.717) is 28.7 Å². The number of hydrogen-bond acceptors (Lipinski definition) is 3. The Morgan fingerprint density at radius 1 is 1.00 bits per heavy atom. The zero-order valence-electron chi connectivity index (χ0n) is 14.5. The summed E-state index contributed by atoms with van der Waals surface area (Å²) in [5.74, 6) is -0.657. The van der Waals surface area contributed by atoms with Crippen molar-refractivity contribution < 1.29 is 22.3 Å². The van der Waals surface area contributed by atoms with Crippen molar-refractivity contribution in [1.82, 2.24) is 10.2 Å². The van der Waals surface area contributed by atoms with Crippen LogP contribution in [0.5, 0.6) is 5.75 Å². The number of nitrogens with zero attached hydrogens (tertiary/aromatic N) is 1. The summed E-state index contributed by atoms with van der Waals surface area (Å²) >= 11 is 3.25. The molecule has 1 fully saturated rings. The van der Waals surface area contributed by atoms with Crippen LogP contribution in [-0.2, 0) is 0 Å². The highest BCUT2D eigenvalue weighted by atomic mass is 79.9. The average molecular weight is 506 g/mol. The number of alkyl halides is 3. The van der Waals surface area contributed by atoms with E-state index < -0.39 is 6.36 Å². The molecule has 3 nitrogen and oxygen atoms in total.